The highest BCUT2D eigenvalue weighted by Crippen LogP contribution is 2.20. The van der Waals surface area contributed by atoms with Crippen LogP contribution in [-0.2, 0) is 0 Å². The van der Waals surface area contributed by atoms with Gasteiger partial charge in [-0.25, -0.2) is 0 Å². The third-order valence-electron chi connectivity index (χ3n) is 1.95. The highest BCUT2D eigenvalue weighted by Gasteiger charge is 2.19. The fraction of sp³-hybridized carbons (Fsp3) is 0.375. The maximum absolute atomic E-state index is 11.5. The number of rotatable bonds is 2. The van der Waals surface area contributed by atoms with Gasteiger partial charge in [0, 0.05) is 18.5 Å². The third-order valence-corrected chi connectivity index (χ3v) is 3.45. The molecule has 0 aliphatic carbocycles. The van der Waals surface area contributed by atoms with Crippen LogP contribution in [0.5, 0.6) is 0 Å². The van der Waals surface area contributed by atoms with Gasteiger partial charge in [0.2, 0.25) is 0 Å². The average molecular weight is 261 g/mol. The van der Waals surface area contributed by atoms with Crippen molar-refractivity contribution in [3.63, 3.8) is 0 Å². The minimum absolute atomic E-state index is 0.0217. The molecule has 0 radical (unpaired) electrons. The molecule has 0 aromatic carbocycles. The Morgan fingerprint density at radius 2 is 2.46 bits per heavy atom. The number of amides is 1. The van der Waals surface area contributed by atoms with Gasteiger partial charge in [-0.2, -0.15) is 0 Å². The van der Waals surface area contributed by atoms with Crippen LogP contribution in [0.25, 0.3) is 0 Å². The largest absolute Gasteiger partial charge is 0.347 e. The van der Waals surface area contributed by atoms with E-state index in [2.05, 4.69) is 26.6 Å². The molecule has 13 heavy (non-hydrogen) atoms. The van der Waals surface area contributed by atoms with Gasteiger partial charge in [0.1, 0.15) is 0 Å². The molecule has 3 nitrogen and oxygen atoms in total. The van der Waals surface area contributed by atoms with E-state index in [4.69, 9.17) is 0 Å². The molecule has 0 spiro atoms. The lowest BCUT2D eigenvalue weighted by Gasteiger charge is -2.27. The quantitative estimate of drug-likeness (QED) is 0.840. The number of carbonyl (C=O) groups excluding carboxylic acids is 1. The molecule has 0 bridgehead atoms. The topological polar surface area (TPSA) is 41.1 Å². The fourth-order valence-electron chi connectivity index (χ4n) is 1.09. The van der Waals surface area contributed by atoms with Crippen LogP contribution >= 0.6 is 27.3 Å². The van der Waals surface area contributed by atoms with Crippen LogP contribution < -0.4 is 10.6 Å². The van der Waals surface area contributed by atoms with Gasteiger partial charge in [-0.3, -0.25) is 4.79 Å². The Bertz CT molecular complexity index is 322. The summed E-state index contributed by atoms with van der Waals surface area (Å²) in [5, 5.41) is 7.88. The molecular weight excluding hydrogens is 252 g/mol. The molecule has 1 fully saturated rings. The molecule has 0 saturated carbocycles. The Labute approximate surface area is 88.7 Å². The smallest absolute Gasteiger partial charge is 0.252 e. The van der Waals surface area contributed by atoms with E-state index in [0.717, 1.165) is 22.4 Å². The van der Waals surface area contributed by atoms with Crippen molar-refractivity contribution in [1.29, 1.82) is 0 Å². The van der Waals surface area contributed by atoms with Gasteiger partial charge in [0.25, 0.3) is 5.91 Å². The monoisotopic (exact) mass is 260 g/mol. The standard InChI is InChI=1S/C8H9BrN2OS/c9-7-1-5(4-13-7)8(12)11-6-2-10-3-6/h1,4,6,10H,2-3H2,(H,11,12). The summed E-state index contributed by atoms with van der Waals surface area (Å²) in [7, 11) is 0. The van der Waals surface area contributed by atoms with Crippen LogP contribution in [0.1, 0.15) is 10.4 Å². The predicted molar refractivity (Wildman–Crippen MR) is 56.1 cm³/mol. The molecule has 0 atom stereocenters. The second kappa shape index (κ2) is 3.77. The third kappa shape index (κ3) is 2.10. The number of hydrogen-bond acceptors (Lipinski definition) is 3. The number of hydrogen-bond donors (Lipinski definition) is 2. The van der Waals surface area contributed by atoms with Crippen LogP contribution in [0.2, 0.25) is 0 Å². The molecule has 0 unspecified atom stereocenters. The number of thiophene rings is 1. The van der Waals surface area contributed by atoms with Gasteiger partial charge in [0.15, 0.2) is 0 Å². The van der Waals surface area contributed by atoms with E-state index < -0.39 is 0 Å². The zero-order chi connectivity index (χ0) is 9.26. The zero-order valence-electron chi connectivity index (χ0n) is 6.84. The van der Waals surface area contributed by atoms with E-state index in [1.54, 1.807) is 0 Å². The summed E-state index contributed by atoms with van der Waals surface area (Å²) in [6.45, 7) is 1.77. The van der Waals surface area contributed by atoms with E-state index in [1.165, 1.54) is 11.3 Å². The van der Waals surface area contributed by atoms with Crippen molar-refractivity contribution in [3.8, 4) is 0 Å². The van der Waals surface area contributed by atoms with Crippen molar-refractivity contribution >= 4 is 33.2 Å². The molecule has 5 heteroatoms. The summed E-state index contributed by atoms with van der Waals surface area (Å²) in [6, 6.07) is 2.15. The SMILES string of the molecule is O=C(NC1CNC1)c1csc(Br)c1. The lowest BCUT2D eigenvalue weighted by atomic mass is 10.1. The summed E-state index contributed by atoms with van der Waals surface area (Å²) in [4.78, 5) is 11.5. The first-order chi connectivity index (χ1) is 6.25. The molecule has 1 aliphatic heterocycles. The van der Waals surface area contributed by atoms with Crippen LogP contribution in [0, 0.1) is 0 Å². The average Bonchev–Trinajstić information content (AvgIpc) is 2.44. The van der Waals surface area contributed by atoms with Gasteiger partial charge >= 0.3 is 0 Å². The molecule has 1 amide bonds. The van der Waals surface area contributed by atoms with Gasteiger partial charge in [-0.05, 0) is 22.0 Å². The highest BCUT2D eigenvalue weighted by atomic mass is 79.9. The van der Waals surface area contributed by atoms with Crippen molar-refractivity contribution in [1.82, 2.24) is 10.6 Å². The Morgan fingerprint density at radius 1 is 1.69 bits per heavy atom. The molecule has 1 aromatic rings. The van der Waals surface area contributed by atoms with E-state index in [1.807, 2.05) is 11.4 Å². The van der Waals surface area contributed by atoms with Crippen LogP contribution in [0.4, 0.5) is 0 Å². The van der Waals surface area contributed by atoms with Crippen molar-refractivity contribution in [3.05, 3.63) is 20.8 Å². The van der Waals surface area contributed by atoms with Gasteiger partial charge in [-0.15, -0.1) is 11.3 Å². The van der Waals surface area contributed by atoms with Crippen LogP contribution in [0.15, 0.2) is 15.2 Å². The first-order valence-electron chi connectivity index (χ1n) is 4.01. The Hall–Kier alpha value is -0.390. The zero-order valence-corrected chi connectivity index (χ0v) is 9.24. The fourth-order valence-corrected chi connectivity index (χ4v) is 2.23. The second-order valence-corrected chi connectivity index (χ2v) is 5.26. The summed E-state index contributed by atoms with van der Waals surface area (Å²) in [6.07, 6.45) is 0. The molecule has 2 N–H and O–H groups in total. The number of carbonyl (C=O) groups is 1. The Kier molecular flexibility index (Phi) is 2.66. The van der Waals surface area contributed by atoms with Gasteiger partial charge in [-0.1, -0.05) is 0 Å². The first-order valence-corrected chi connectivity index (χ1v) is 5.68. The minimum Gasteiger partial charge on any atom is -0.347 e. The lowest BCUT2D eigenvalue weighted by Crippen LogP contribution is -2.56. The van der Waals surface area contributed by atoms with Crippen molar-refractivity contribution in [2.75, 3.05) is 13.1 Å². The van der Waals surface area contributed by atoms with Crippen molar-refractivity contribution in [2.24, 2.45) is 0 Å². The Morgan fingerprint density at radius 3 is 2.92 bits per heavy atom. The van der Waals surface area contributed by atoms with Crippen LogP contribution in [-0.4, -0.2) is 25.0 Å². The maximum Gasteiger partial charge on any atom is 0.252 e. The normalized spacial score (nSPS) is 16.7. The summed E-state index contributed by atoms with van der Waals surface area (Å²) in [5.74, 6) is 0.0217. The highest BCUT2D eigenvalue weighted by molar-refractivity contribution is 9.11. The summed E-state index contributed by atoms with van der Waals surface area (Å²) >= 11 is 4.85. The van der Waals surface area contributed by atoms with E-state index >= 15 is 0 Å². The molecule has 70 valence electrons. The van der Waals surface area contributed by atoms with E-state index in [-0.39, 0.29) is 5.91 Å². The van der Waals surface area contributed by atoms with E-state index in [9.17, 15) is 4.79 Å². The van der Waals surface area contributed by atoms with E-state index in [0.29, 0.717) is 6.04 Å². The molecule has 2 rings (SSSR count). The van der Waals surface area contributed by atoms with Crippen molar-refractivity contribution in [2.45, 2.75) is 6.04 Å². The predicted octanol–water partition coefficient (Wildman–Crippen LogP) is 1.21. The maximum atomic E-state index is 11.5. The first kappa shape index (κ1) is 9.18. The number of nitrogens with one attached hydrogen (secondary N) is 2. The molecule has 1 aromatic heterocycles. The minimum atomic E-state index is 0.0217. The second-order valence-electron chi connectivity index (χ2n) is 2.97. The lowest BCUT2D eigenvalue weighted by molar-refractivity contribution is 0.0924. The van der Waals surface area contributed by atoms with Crippen molar-refractivity contribution < 1.29 is 4.79 Å². The van der Waals surface area contributed by atoms with Crippen LogP contribution in [0.3, 0.4) is 0 Å². The molecular formula is C8H9BrN2OS. The number of halogens is 1. The van der Waals surface area contributed by atoms with Gasteiger partial charge in [0.05, 0.1) is 15.4 Å². The summed E-state index contributed by atoms with van der Waals surface area (Å²) < 4.78 is 0.990. The Balaban J connectivity index is 1.96. The van der Waals surface area contributed by atoms with Gasteiger partial charge < -0.3 is 10.6 Å². The molecule has 1 saturated heterocycles. The summed E-state index contributed by atoms with van der Waals surface area (Å²) in [5.41, 5.74) is 0.740. The molecule has 2 heterocycles. The molecule has 1 aliphatic rings.